The fourth-order valence-electron chi connectivity index (χ4n) is 3.24. The third kappa shape index (κ3) is 4.38. The molecule has 1 saturated heterocycles. The van der Waals surface area contributed by atoms with Gasteiger partial charge in [-0.2, -0.15) is 0 Å². The predicted molar refractivity (Wildman–Crippen MR) is 97.9 cm³/mol. The largest absolute Gasteiger partial charge is 0.497 e. The number of hydrogen-bond donors (Lipinski definition) is 2. The SMILES string of the molecule is COc1ccc(C(=O)Nc2cccc(CN3CCCC3CO)c2)cc1. The lowest BCUT2D eigenvalue weighted by Gasteiger charge is -2.22. The number of nitrogens with zero attached hydrogens (tertiary/aromatic N) is 1. The molecule has 2 aromatic carbocycles. The molecular weight excluding hydrogens is 316 g/mol. The van der Waals surface area contributed by atoms with Crippen LogP contribution in [0.3, 0.4) is 0 Å². The molecule has 0 spiro atoms. The van der Waals surface area contributed by atoms with E-state index in [9.17, 15) is 9.90 Å². The first kappa shape index (κ1) is 17.5. The van der Waals surface area contributed by atoms with Crippen molar-refractivity contribution in [1.29, 1.82) is 0 Å². The fraction of sp³-hybridized carbons (Fsp3) is 0.350. The molecule has 5 heteroatoms. The Morgan fingerprint density at radius 3 is 2.80 bits per heavy atom. The summed E-state index contributed by atoms with van der Waals surface area (Å²) in [6, 6.07) is 15.2. The van der Waals surface area contributed by atoms with E-state index in [0.29, 0.717) is 5.56 Å². The summed E-state index contributed by atoms with van der Waals surface area (Å²) in [4.78, 5) is 14.7. The summed E-state index contributed by atoms with van der Waals surface area (Å²) in [5, 5.41) is 12.4. The minimum atomic E-state index is -0.144. The number of aliphatic hydroxyl groups excluding tert-OH is 1. The van der Waals surface area contributed by atoms with Crippen LogP contribution in [0.15, 0.2) is 48.5 Å². The van der Waals surface area contributed by atoms with Crippen molar-refractivity contribution >= 4 is 11.6 Å². The van der Waals surface area contributed by atoms with Gasteiger partial charge in [-0.3, -0.25) is 9.69 Å². The number of rotatable bonds is 6. The van der Waals surface area contributed by atoms with Gasteiger partial charge in [0.25, 0.3) is 5.91 Å². The Labute approximate surface area is 148 Å². The summed E-state index contributed by atoms with van der Waals surface area (Å²) in [6.45, 7) is 2.00. The van der Waals surface area contributed by atoms with Gasteiger partial charge in [0.05, 0.1) is 13.7 Å². The summed E-state index contributed by atoms with van der Waals surface area (Å²) in [6.07, 6.45) is 2.17. The first-order valence-corrected chi connectivity index (χ1v) is 8.59. The first-order chi connectivity index (χ1) is 12.2. The molecule has 1 amide bonds. The number of ether oxygens (including phenoxy) is 1. The molecule has 0 radical (unpaired) electrons. The average molecular weight is 340 g/mol. The minimum absolute atomic E-state index is 0.144. The fourth-order valence-corrected chi connectivity index (χ4v) is 3.24. The highest BCUT2D eigenvalue weighted by Crippen LogP contribution is 2.21. The molecule has 0 bridgehead atoms. The Bertz CT molecular complexity index is 715. The normalized spacial score (nSPS) is 17.4. The van der Waals surface area contributed by atoms with E-state index in [2.05, 4.69) is 16.3 Å². The molecule has 2 aromatic rings. The van der Waals surface area contributed by atoms with E-state index in [4.69, 9.17) is 4.74 Å². The van der Waals surface area contributed by atoms with Gasteiger partial charge in [-0.15, -0.1) is 0 Å². The molecule has 0 aromatic heterocycles. The molecule has 3 rings (SSSR count). The average Bonchev–Trinajstić information content (AvgIpc) is 3.09. The Balaban J connectivity index is 1.65. The minimum Gasteiger partial charge on any atom is -0.497 e. The number of benzene rings is 2. The second-order valence-corrected chi connectivity index (χ2v) is 6.33. The molecule has 25 heavy (non-hydrogen) atoms. The molecule has 1 fully saturated rings. The van der Waals surface area contributed by atoms with Crippen LogP contribution in [-0.4, -0.2) is 42.2 Å². The molecule has 1 aliphatic rings. The van der Waals surface area contributed by atoms with Gasteiger partial charge in [0, 0.05) is 23.8 Å². The Morgan fingerprint density at radius 2 is 2.08 bits per heavy atom. The zero-order valence-electron chi connectivity index (χ0n) is 14.4. The molecule has 2 N–H and O–H groups in total. The lowest BCUT2D eigenvalue weighted by molar-refractivity contribution is 0.102. The highest BCUT2D eigenvalue weighted by molar-refractivity contribution is 6.04. The summed E-state index contributed by atoms with van der Waals surface area (Å²) in [5.41, 5.74) is 2.50. The zero-order valence-corrected chi connectivity index (χ0v) is 14.4. The molecular formula is C20H24N2O3. The van der Waals surface area contributed by atoms with E-state index in [0.717, 1.165) is 42.9 Å². The molecule has 1 heterocycles. The molecule has 0 aliphatic carbocycles. The highest BCUT2D eigenvalue weighted by atomic mass is 16.5. The van der Waals surface area contributed by atoms with Crippen molar-refractivity contribution in [3.05, 3.63) is 59.7 Å². The number of hydrogen-bond acceptors (Lipinski definition) is 4. The Hall–Kier alpha value is -2.37. The molecule has 1 atom stereocenters. The molecule has 0 saturated carbocycles. The Kier molecular flexibility index (Phi) is 5.68. The van der Waals surface area contributed by atoms with Crippen molar-refractivity contribution in [2.75, 3.05) is 25.6 Å². The number of methoxy groups -OCH3 is 1. The maximum absolute atomic E-state index is 12.4. The smallest absolute Gasteiger partial charge is 0.255 e. The van der Waals surface area contributed by atoms with Gasteiger partial charge >= 0.3 is 0 Å². The maximum atomic E-state index is 12.4. The van der Waals surface area contributed by atoms with Crippen molar-refractivity contribution in [2.24, 2.45) is 0 Å². The maximum Gasteiger partial charge on any atom is 0.255 e. The molecule has 132 valence electrons. The van der Waals surface area contributed by atoms with Crippen LogP contribution in [0.2, 0.25) is 0 Å². The van der Waals surface area contributed by atoms with E-state index < -0.39 is 0 Å². The van der Waals surface area contributed by atoms with Crippen molar-refractivity contribution in [3.8, 4) is 5.75 Å². The topological polar surface area (TPSA) is 61.8 Å². The number of likely N-dealkylation sites (tertiary alicyclic amines) is 1. The third-order valence-corrected chi connectivity index (χ3v) is 4.63. The van der Waals surface area contributed by atoms with Crippen LogP contribution in [0.25, 0.3) is 0 Å². The third-order valence-electron chi connectivity index (χ3n) is 4.63. The monoisotopic (exact) mass is 340 g/mol. The van der Waals surface area contributed by atoms with Crippen LogP contribution >= 0.6 is 0 Å². The lowest BCUT2D eigenvalue weighted by Crippen LogP contribution is -2.31. The van der Waals surface area contributed by atoms with Gasteiger partial charge in [-0.25, -0.2) is 0 Å². The summed E-state index contributed by atoms with van der Waals surface area (Å²) >= 11 is 0. The highest BCUT2D eigenvalue weighted by Gasteiger charge is 2.23. The molecule has 5 nitrogen and oxygen atoms in total. The van der Waals surface area contributed by atoms with Crippen LogP contribution in [0.5, 0.6) is 5.75 Å². The van der Waals surface area contributed by atoms with E-state index in [1.54, 1.807) is 31.4 Å². The van der Waals surface area contributed by atoms with Crippen LogP contribution in [-0.2, 0) is 6.54 Å². The zero-order chi connectivity index (χ0) is 17.6. The number of nitrogens with one attached hydrogen (secondary N) is 1. The molecule has 1 aliphatic heterocycles. The standard InChI is InChI=1S/C20H24N2O3/c1-25-19-9-7-16(8-10-19)20(24)21-17-5-2-4-15(12-17)13-22-11-3-6-18(22)14-23/h2,4-5,7-10,12,18,23H,3,6,11,13-14H2,1H3,(H,21,24). The lowest BCUT2D eigenvalue weighted by atomic mass is 10.1. The Morgan fingerprint density at radius 1 is 1.28 bits per heavy atom. The van der Waals surface area contributed by atoms with E-state index in [1.807, 2.05) is 18.2 Å². The van der Waals surface area contributed by atoms with Crippen molar-refractivity contribution in [1.82, 2.24) is 4.90 Å². The van der Waals surface area contributed by atoms with Gasteiger partial charge in [-0.1, -0.05) is 12.1 Å². The van der Waals surface area contributed by atoms with Gasteiger partial charge < -0.3 is 15.2 Å². The van der Waals surface area contributed by atoms with Crippen molar-refractivity contribution in [2.45, 2.75) is 25.4 Å². The second kappa shape index (κ2) is 8.14. The quantitative estimate of drug-likeness (QED) is 0.849. The van der Waals surface area contributed by atoms with Gasteiger partial charge in [0.15, 0.2) is 0 Å². The van der Waals surface area contributed by atoms with Gasteiger partial charge in [0.2, 0.25) is 0 Å². The van der Waals surface area contributed by atoms with Crippen molar-refractivity contribution in [3.63, 3.8) is 0 Å². The molecule has 1 unspecified atom stereocenters. The second-order valence-electron chi connectivity index (χ2n) is 6.33. The van der Waals surface area contributed by atoms with Crippen LogP contribution in [0.1, 0.15) is 28.8 Å². The van der Waals surface area contributed by atoms with Crippen LogP contribution < -0.4 is 10.1 Å². The van der Waals surface area contributed by atoms with Gasteiger partial charge in [0.1, 0.15) is 5.75 Å². The van der Waals surface area contributed by atoms with Crippen LogP contribution in [0.4, 0.5) is 5.69 Å². The van der Waals surface area contributed by atoms with E-state index >= 15 is 0 Å². The number of carbonyl (C=O) groups excluding carboxylic acids is 1. The van der Waals surface area contributed by atoms with Crippen molar-refractivity contribution < 1.29 is 14.6 Å². The summed E-state index contributed by atoms with van der Waals surface area (Å²) in [7, 11) is 1.60. The number of carbonyl (C=O) groups is 1. The van der Waals surface area contributed by atoms with Crippen LogP contribution in [0, 0.1) is 0 Å². The first-order valence-electron chi connectivity index (χ1n) is 8.59. The summed E-state index contributed by atoms with van der Waals surface area (Å²) in [5.74, 6) is 0.580. The predicted octanol–water partition coefficient (Wildman–Crippen LogP) is 2.90. The number of amides is 1. The van der Waals surface area contributed by atoms with Gasteiger partial charge in [-0.05, 0) is 61.3 Å². The number of anilines is 1. The van der Waals surface area contributed by atoms with E-state index in [1.165, 1.54) is 0 Å². The number of aliphatic hydroxyl groups is 1. The summed E-state index contributed by atoms with van der Waals surface area (Å²) < 4.78 is 5.11. The van der Waals surface area contributed by atoms with E-state index in [-0.39, 0.29) is 18.6 Å².